The van der Waals surface area contributed by atoms with Gasteiger partial charge in [-0.15, -0.1) is 0 Å². The zero-order valence-electron chi connectivity index (χ0n) is 14.8. The van der Waals surface area contributed by atoms with Gasteiger partial charge in [-0.2, -0.15) is 0 Å². The predicted molar refractivity (Wildman–Crippen MR) is 101 cm³/mol. The minimum atomic E-state index is -0.0852. The molecule has 0 unspecified atom stereocenters. The van der Waals surface area contributed by atoms with Crippen LogP contribution in [0.25, 0.3) is 10.9 Å². The minimum Gasteiger partial charge on any atom is -0.490 e. The first-order valence-electron chi connectivity index (χ1n) is 8.96. The van der Waals surface area contributed by atoms with Crippen LogP contribution in [-0.4, -0.2) is 30.6 Å². The van der Waals surface area contributed by atoms with Crippen LogP contribution in [0.15, 0.2) is 42.6 Å². The topological polar surface area (TPSA) is 63.4 Å². The maximum Gasteiger partial charge on any atom is 0.251 e. The van der Waals surface area contributed by atoms with E-state index >= 15 is 0 Å². The minimum absolute atomic E-state index is 0.0852. The van der Waals surface area contributed by atoms with Crippen molar-refractivity contribution in [2.24, 2.45) is 0 Å². The molecule has 2 aromatic carbocycles. The van der Waals surface area contributed by atoms with Crippen molar-refractivity contribution in [2.75, 3.05) is 19.8 Å². The van der Waals surface area contributed by atoms with Gasteiger partial charge in [-0.1, -0.05) is 18.2 Å². The Morgan fingerprint density at radius 1 is 1.15 bits per heavy atom. The Hall–Kier alpha value is -2.95. The molecule has 134 valence electrons. The van der Waals surface area contributed by atoms with Crippen LogP contribution in [-0.2, 0) is 6.42 Å². The highest BCUT2D eigenvalue weighted by atomic mass is 16.5. The number of carbonyl (C=O) groups is 1. The molecular weight excluding hydrogens is 328 g/mol. The maximum atomic E-state index is 12.6. The summed E-state index contributed by atoms with van der Waals surface area (Å²) in [6, 6.07) is 11.9. The van der Waals surface area contributed by atoms with Crippen LogP contribution in [0.5, 0.6) is 11.5 Å². The highest BCUT2D eigenvalue weighted by Gasteiger charge is 2.17. The van der Waals surface area contributed by atoms with Crippen molar-refractivity contribution >= 4 is 16.8 Å². The fraction of sp³-hybridized carbons (Fsp3) is 0.286. The van der Waals surface area contributed by atoms with Crippen molar-refractivity contribution < 1.29 is 14.3 Å². The number of ether oxygens (including phenoxy) is 2. The summed E-state index contributed by atoms with van der Waals surface area (Å²) >= 11 is 0. The molecule has 0 bridgehead atoms. The molecule has 0 radical (unpaired) electrons. The lowest BCUT2D eigenvalue weighted by Gasteiger charge is -2.12. The zero-order chi connectivity index (χ0) is 17.9. The van der Waals surface area contributed by atoms with Crippen molar-refractivity contribution in [1.29, 1.82) is 0 Å². The Bertz CT molecular complexity index is 946. The highest BCUT2D eigenvalue weighted by Crippen LogP contribution is 2.32. The normalized spacial score (nSPS) is 13.4. The van der Waals surface area contributed by atoms with Crippen LogP contribution in [0, 0.1) is 6.92 Å². The summed E-state index contributed by atoms with van der Waals surface area (Å²) in [5.41, 5.74) is 3.84. The SMILES string of the molecule is Cc1cc2c(cc1C(=O)NCCc1c[nH]c3ccccc13)OCCCO2. The number of amides is 1. The summed E-state index contributed by atoms with van der Waals surface area (Å²) in [4.78, 5) is 15.9. The second kappa shape index (κ2) is 7.12. The van der Waals surface area contributed by atoms with E-state index in [1.807, 2.05) is 31.3 Å². The maximum absolute atomic E-state index is 12.6. The number of carbonyl (C=O) groups excluding carboxylic acids is 1. The second-order valence-electron chi connectivity index (χ2n) is 6.53. The van der Waals surface area contributed by atoms with Gasteiger partial charge in [-0.05, 0) is 42.7 Å². The van der Waals surface area contributed by atoms with E-state index in [-0.39, 0.29) is 5.91 Å². The first-order valence-corrected chi connectivity index (χ1v) is 8.96. The summed E-state index contributed by atoms with van der Waals surface area (Å²) in [6.45, 7) is 3.75. The van der Waals surface area contributed by atoms with E-state index in [2.05, 4.69) is 22.4 Å². The summed E-state index contributed by atoms with van der Waals surface area (Å²) in [7, 11) is 0. The van der Waals surface area contributed by atoms with Crippen LogP contribution in [0.2, 0.25) is 0 Å². The van der Waals surface area contributed by atoms with Crippen molar-refractivity contribution in [3.63, 3.8) is 0 Å². The van der Waals surface area contributed by atoms with Crippen LogP contribution in [0.1, 0.15) is 27.9 Å². The molecule has 5 nitrogen and oxygen atoms in total. The number of aromatic amines is 1. The Balaban J connectivity index is 1.44. The number of aromatic nitrogens is 1. The molecule has 3 aromatic rings. The molecule has 0 saturated heterocycles. The molecule has 2 heterocycles. The molecule has 0 atom stereocenters. The van der Waals surface area contributed by atoms with Crippen molar-refractivity contribution in [3.8, 4) is 11.5 Å². The number of hydrogen-bond acceptors (Lipinski definition) is 3. The van der Waals surface area contributed by atoms with E-state index < -0.39 is 0 Å². The van der Waals surface area contributed by atoms with Gasteiger partial charge in [0.2, 0.25) is 0 Å². The molecule has 0 spiro atoms. The predicted octanol–water partition coefficient (Wildman–Crippen LogP) is 3.61. The van der Waals surface area contributed by atoms with E-state index in [4.69, 9.17) is 9.47 Å². The van der Waals surface area contributed by atoms with E-state index in [1.165, 1.54) is 10.9 Å². The molecule has 26 heavy (non-hydrogen) atoms. The standard InChI is InChI=1S/C21H22N2O3/c1-14-11-19-20(26-10-4-9-25-19)12-17(14)21(24)22-8-7-15-13-23-18-6-3-2-5-16(15)18/h2-3,5-6,11-13,23H,4,7-10H2,1H3,(H,22,24). The number of rotatable bonds is 4. The van der Waals surface area contributed by atoms with E-state index in [0.29, 0.717) is 31.1 Å². The lowest BCUT2D eigenvalue weighted by Crippen LogP contribution is -2.26. The van der Waals surface area contributed by atoms with Gasteiger partial charge in [-0.25, -0.2) is 0 Å². The fourth-order valence-corrected chi connectivity index (χ4v) is 3.30. The molecule has 0 saturated carbocycles. The van der Waals surface area contributed by atoms with Gasteiger partial charge in [0.15, 0.2) is 11.5 Å². The Morgan fingerprint density at radius 3 is 2.77 bits per heavy atom. The van der Waals surface area contributed by atoms with E-state index in [0.717, 1.165) is 29.7 Å². The largest absolute Gasteiger partial charge is 0.490 e. The first kappa shape index (κ1) is 16.5. The molecule has 2 N–H and O–H groups in total. The van der Waals surface area contributed by atoms with E-state index in [9.17, 15) is 4.79 Å². The van der Waals surface area contributed by atoms with Crippen molar-refractivity contribution in [3.05, 3.63) is 59.3 Å². The Labute approximate surface area is 152 Å². The highest BCUT2D eigenvalue weighted by molar-refractivity contribution is 5.96. The van der Waals surface area contributed by atoms with Crippen LogP contribution in [0.3, 0.4) is 0 Å². The molecule has 1 aliphatic rings. The number of para-hydroxylation sites is 1. The number of aryl methyl sites for hydroxylation is 1. The number of H-pyrrole nitrogens is 1. The second-order valence-corrected chi connectivity index (χ2v) is 6.53. The summed E-state index contributed by atoms with van der Waals surface area (Å²) < 4.78 is 11.4. The molecule has 4 rings (SSSR count). The summed E-state index contributed by atoms with van der Waals surface area (Å²) in [5.74, 6) is 1.28. The van der Waals surface area contributed by atoms with E-state index in [1.54, 1.807) is 6.07 Å². The number of fused-ring (bicyclic) bond motifs is 2. The van der Waals surface area contributed by atoms with Crippen LogP contribution in [0.4, 0.5) is 0 Å². The van der Waals surface area contributed by atoms with Gasteiger partial charge in [0.25, 0.3) is 5.91 Å². The van der Waals surface area contributed by atoms with Gasteiger partial charge in [0.05, 0.1) is 13.2 Å². The van der Waals surface area contributed by atoms with Crippen molar-refractivity contribution in [2.45, 2.75) is 19.8 Å². The average Bonchev–Trinajstić information content (AvgIpc) is 2.91. The number of nitrogens with one attached hydrogen (secondary N) is 2. The Kier molecular flexibility index (Phi) is 4.52. The molecule has 0 aliphatic carbocycles. The molecule has 5 heteroatoms. The quantitative estimate of drug-likeness (QED) is 0.755. The molecular formula is C21H22N2O3. The van der Waals surface area contributed by atoms with Crippen LogP contribution >= 0.6 is 0 Å². The van der Waals surface area contributed by atoms with Gasteiger partial charge in [0, 0.05) is 35.6 Å². The third-order valence-corrected chi connectivity index (χ3v) is 4.69. The average molecular weight is 350 g/mol. The smallest absolute Gasteiger partial charge is 0.251 e. The summed E-state index contributed by atoms with van der Waals surface area (Å²) in [6.07, 6.45) is 3.63. The molecule has 1 aromatic heterocycles. The lowest BCUT2D eigenvalue weighted by atomic mass is 10.1. The van der Waals surface area contributed by atoms with Gasteiger partial charge in [-0.3, -0.25) is 4.79 Å². The number of hydrogen-bond donors (Lipinski definition) is 2. The molecule has 0 fully saturated rings. The molecule has 1 amide bonds. The van der Waals surface area contributed by atoms with Crippen molar-refractivity contribution in [1.82, 2.24) is 10.3 Å². The fourth-order valence-electron chi connectivity index (χ4n) is 3.30. The number of benzene rings is 2. The van der Waals surface area contributed by atoms with Gasteiger partial charge >= 0.3 is 0 Å². The zero-order valence-corrected chi connectivity index (χ0v) is 14.8. The third-order valence-electron chi connectivity index (χ3n) is 4.69. The van der Waals surface area contributed by atoms with Gasteiger partial charge < -0.3 is 19.8 Å². The van der Waals surface area contributed by atoms with Crippen LogP contribution < -0.4 is 14.8 Å². The first-order chi connectivity index (χ1) is 12.7. The monoisotopic (exact) mass is 350 g/mol. The summed E-state index contributed by atoms with van der Waals surface area (Å²) in [5, 5.41) is 4.22. The van der Waals surface area contributed by atoms with Gasteiger partial charge in [0.1, 0.15) is 0 Å². The lowest BCUT2D eigenvalue weighted by molar-refractivity contribution is 0.0953. The Morgan fingerprint density at radius 2 is 1.92 bits per heavy atom. The third kappa shape index (κ3) is 3.25. The molecule has 1 aliphatic heterocycles.